The van der Waals surface area contributed by atoms with Crippen molar-refractivity contribution in [3.8, 4) is 17.0 Å². The van der Waals surface area contributed by atoms with Crippen molar-refractivity contribution in [3.05, 3.63) is 90.5 Å². The zero-order valence-corrected chi connectivity index (χ0v) is 21.2. The maximum atomic E-state index is 13.3. The molecule has 1 N–H and O–H groups in total. The molecule has 0 fully saturated rings. The predicted molar refractivity (Wildman–Crippen MR) is 149 cm³/mol. The fourth-order valence-electron chi connectivity index (χ4n) is 4.32. The number of nitrogens with zero attached hydrogens (tertiary/aromatic N) is 2. The smallest absolute Gasteiger partial charge is 0.252 e. The molecule has 0 saturated carbocycles. The third-order valence-electron chi connectivity index (χ3n) is 6.22. The molecule has 3 aromatic carbocycles. The summed E-state index contributed by atoms with van der Waals surface area (Å²) in [6, 6.07) is 28.1. The molecule has 4 rings (SSSR count). The van der Waals surface area contributed by atoms with Crippen molar-refractivity contribution in [1.82, 2.24) is 10.3 Å². The molecule has 5 heteroatoms. The van der Waals surface area contributed by atoms with Gasteiger partial charge in [0.15, 0.2) is 0 Å². The molecule has 0 spiro atoms. The Morgan fingerprint density at radius 1 is 0.889 bits per heavy atom. The molecule has 36 heavy (non-hydrogen) atoms. The van der Waals surface area contributed by atoms with E-state index in [0.29, 0.717) is 18.7 Å². The van der Waals surface area contributed by atoms with Crippen molar-refractivity contribution < 1.29 is 9.53 Å². The van der Waals surface area contributed by atoms with E-state index in [1.54, 1.807) is 0 Å². The molecule has 4 aromatic rings. The number of nitrogens with one attached hydrogen (secondary N) is 1. The fraction of sp³-hybridized carbons (Fsp3) is 0.290. The maximum absolute atomic E-state index is 13.3. The van der Waals surface area contributed by atoms with Crippen LogP contribution in [0.1, 0.15) is 43.5 Å². The van der Waals surface area contributed by atoms with Crippen molar-refractivity contribution in [2.75, 3.05) is 31.1 Å². The van der Waals surface area contributed by atoms with Crippen LogP contribution in [0.5, 0.6) is 5.75 Å². The molecule has 5 nitrogen and oxygen atoms in total. The molecule has 1 heterocycles. The van der Waals surface area contributed by atoms with Gasteiger partial charge in [-0.05, 0) is 68.3 Å². The van der Waals surface area contributed by atoms with Crippen LogP contribution in [-0.2, 0) is 0 Å². The van der Waals surface area contributed by atoms with Gasteiger partial charge in [-0.15, -0.1) is 0 Å². The first-order valence-electron chi connectivity index (χ1n) is 12.9. The SMILES string of the molecule is CCCCN(CCCNC(=O)c1cc(-c2ccc(OCC)cc2)nc2ccccc12)c1ccccc1. The number of aromatic nitrogens is 1. The Kier molecular flexibility index (Phi) is 8.92. The molecule has 0 aliphatic rings. The Morgan fingerprint density at radius 2 is 1.61 bits per heavy atom. The van der Waals surface area contributed by atoms with Gasteiger partial charge in [0.1, 0.15) is 5.75 Å². The largest absolute Gasteiger partial charge is 0.494 e. The molecule has 0 radical (unpaired) electrons. The van der Waals surface area contributed by atoms with E-state index in [4.69, 9.17) is 9.72 Å². The minimum absolute atomic E-state index is 0.0689. The molecule has 0 aliphatic heterocycles. The van der Waals surface area contributed by atoms with Gasteiger partial charge >= 0.3 is 0 Å². The molecular weight excluding hydrogens is 446 g/mol. The van der Waals surface area contributed by atoms with Gasteiger partial charge in [-0.3, -0.25) is 4.79 Å². The van der Waals surface area contributed by atoms with E-state index in [2.05, 4.69) is 41.4 Å². The highest BCUT2D eigenvalue weighted by Gasteiger charge is 2.14. The second kappa shape index (κ2) is 12.7. The molecule has 1 aromatic heterocycles. The Labute approximate surface area is 214 Å². The lowest BCUT2D eigenvalue weighted by Gasteiger charge is -2.25. The van der Waals surface area contributed by atoms with Crippen LogP contribution in [-0.4, -0.2) is 37.1 Å². The summed E-state index contributed by atoms with van der Waals surface area (Å²) in [7, 11) is 0. The summed E-state index contributed by atoms with van der Waals surface area (Å²) in [5, 5.41) is 4.00. The zero-order valence-electron chi connectivity index (χ0n) is 21.2. The van der Waals surface area contributed by atoms with Gasteiger partial charge in [-0.1, -0.05) is 49.7 Å². The monoisotopic (exact) mass is 481 g/mol. The number of carbonyl (C=O) groups is 1. The molecule has 0 atom stereocenters. The lowest BCUT2D eigenvalue weighted by Crippen LogP contribution is -2.30. The first-order chi connectivity index (χ1) is 17.7. The van der Waals surface area contributed by atoms with Crippen molar-refractivity contribution in [1.29, 1.82) is 0 Å². The van der Waals surface area contributed by atoms with Gasteiger partial charge in [-0.2, -0.15) is 0 Å². The number of carbonyl (C=O) groups excluding carboxylic acids is 1. The summed E-state index contributed by atoms with van der Waals surface area (Å²) in [4.78, 5) is 20.5. The van der Waals surface area contributed by atoms with Crippen LogP contribution in [0.2, 0.25) is 0 Å². The summed E-state index contributed by atoms with van der Waals surface area (Å²) < 4.78 is 5.56. The average molecular weight is 482 g/mol. The van der Waals surface area contributed by atoms with Crippen LogP contribution in [0.3, 0.4) is 0 Å². The lowest BCUT2D eigenvalue weighted by molar-refractivity contribution is 0.0955. The Morgan fingerprint density at radius 3 is 2.36 bits per heavy atom. The van der Waals surface area contributed by atoms with Crippen LogP contribution < -0.4 is 15.0 Å². The highest BCUT2D eigenvalue weighted by Crippen LogP contribution is 2.26. The number of hydrogen-bond donors (Lipinski definition) is 1. The fourth-order valence-corrected chi connectivity index (χ4v) is 4.32. The number of rotatable bonds is 12. The minimum Gasteiger partial charge on any atom is -0.494 e. The quantitative estimate of drug-likeness (QED) is 0.228. The van der Waals surface area contributed by atoms with Crippen LogP contribution in [0.25, 0.3) is 22.2 Å². The number of hydrogen-bond acceptors (Lipinski definition) is 4. The van der Waals surface area contributed by atoms with Crippen molar-refractivity contribution >= 4 is 22.5 Å². The summed E-state index contributed by atoms with van der Waals surface area (Å²) in [5.41, 5.74) is 4.42. The second-order valence-electron chi connectivity index (χ2n) is 8.82. The molecular formula is C31H35N3O2. The summed E-state index contributed by atoms with van der Waals surface area (Å²) in [5.74, 6) is 0.754. The van der Waals surface area contributed by atoms with Gasteiger partial charge in [0.2, 0.25) is 0 Å². The average Bonchev–Trinajstić information content (AvgIpc) is 2.93. The second-order valence-corrected chi connectivity index (χ2v) is 8.82. The zero-order chi connectivity index (χ0) is 25.2. The Balaban J connectivity index is 1.46. The number of pyridine rings is 1. The molecule has 1 amide bonds. The number of fused-ring (bicyclic) bond motifs is 1. The van der Waals surface area contributed by atoms with Crippen molar-refractivity contribution in [3.63, 3.8) is 0 Å². The maximum Gasteiger partial charge on any atom is 0.252 e. The predicted octanol–water partition coefficient (Wildman–Crippen LogP) is 6.73. The number of benzene rings is 3. The first kappa shape index (κ1) is 25.2. The van der Waals surface area contributed by atoms with Gasteiger partial charge in [0.25, 0.3) is 5.91 Å². The molecule has 0 unspecified atom stereocenters. The number of para-hydroxylation sites is 2. The first-order valence-corrected chi connectivity index (χ1v) is 12.9. The third kappa shape index (κ3) is 6.42. The summed E-state index contributed by atoms with van der Waals surface area (Å²) in [6.45, 7) is 7.34. The summed E-state index contributed by atoms with van der Waals surface area (Å²) in [6.07, 6.45) is 3.18. The molecule has 186 valence electrons. The normalized spacial score (nSPS) is 10.8. The van der Waals surface area contributed by atoms with Gasteiger partial charge in [0.05, 0.1) is 23.4 Å². The lowest BCUT2D eigenvalue weighted by atomic mass is 10.0. The third-order valence-corrected chi connectivity index (χ3v) is 6.22. The number of ether oxygens (including phenoxy) is 1. The molecule has 0 bridgehead atoms. The number of anilines is 1. The van der Waals surface area contributed by atoms with Gasteiger partial charge in [0, 0.05) is 36.3 Å². The van der Waals surface area contributed by atoms with Gasteiger partial charge < -0.3 is 15.0 Å². The van der Waals surface area contributed by atoms with E-state index < -0.39 is 0 Å². The number of amides is 1. The van der Waals surface area contributed by atoms with Crippen LogP contribution in [0, 0.1) is 0 Å². The van der Waals surface area contributed by atoms with Crippen molar-refractivity contribution in [2.45, 2.75) is 33.1 Å². The highest BCUT2D eigenvalue weighted by molar-refractivity contribution is 6.07. The molecule has 0 saturated heterocycles. The molecule has 0 aliphatic carbocycles. The van der Waals surface area contributed by atoms with E-state index in [9.17, 15) is 4.79 Å². The van der Waals surface area contributed by atoms with E-state index in [1.807, 2.05) is 67.6 Å². The van der Waals surface area contributed by atoms with E-state index in [-0.39, 0.29) is 5.91 Å². The Hall–Kier alpha value is -3.86. The minimum atomic E-state index is -0.0689. The van der Waals surface area contributed by atoms with Crippen molar-refractivity contribution in [2.24, 2.45) is 0 Å². The Bertz CT molecular complexity index is 1260. The van der Waals surface area contributed by atoms with E-state index in [1.165, 1.54) is 5.69 Å². The van der Waals surface area contributed by atoms with Crippen LogP contribution >= 0.6 is 0 Å². The number of unbranched alkanes of at least 4 members (excludes halogenated alkanes) is 1. The standard InChI is InChI=1S/C31H35N3O2/c1-3-5-21-34(25-12-7-6-8-13-25)22-11-20-32-31(35)28-23-30(33-29-15-10-9-14-27(28)29)24-16-18-26(19-17-24)36-4-2/h6-10,12-19,23H,3-5,11,20-22H2,1-2H3,(H,32,35). The van der Waals surface area contributed by atoms with Gasteiger partial charge in [-0.25, -0.2) is 4.98 Å². The van der Waals surface area contributed by atoms with Crippen LogP contribution in [0.15, 0.2) is 84.9 Å². The van der Waals surface area contributed by atoms with E-state index >= 15 is 0 Å². The summed E-state index contributed by atoms with van der Waals surface area (Å²) >= 11 is 0. The highest BCUT2D eigenvalue weighted by atomic mass is 16.5. The van der Waals surface area contributed by atoms with Crippen LogP contribution in [0.4, 0.5) is 5.69 Å². The topological polar surface area (TPSA) is 54.5 Å². The van der Waals surface area contributed by atoms with E-state index in [0.717, 1.165) is 60.3 Å².